The molecule has 2 rings (SSSR count). The first kappa shape index (κ1) is 19.3. The molecule has 2 amide bonds. The highest BCUT2D eigenvalue weighted by Crippen LogP contribution is 2.30. The number of amides is 2. The predicted octanol–water partition coefficient (Wildman–Crippen LogP) is 5.08. The minimum Gasteiger partial charge on any atom is -0.352 e. The molecule has 0 atom stereocenters. The molecule has 0 aliphatic heterocycles. The second-order valence-corrected chi connectivity index (χ2v) is 6.58. The average molecular weight is 379 g/mol. The lowest BCUT2D eigenvalue weighted by molar-refractivity contribution is 0.0954. The smallest absolute Gasteiger partial charge is 0.255 e. The molecule has 0 bridgehead atoms. The highest BCUT2D eigenvalue weighted by molar-refractivity contribution is 6.38. The van der Waals surface area contributed by atoms with E-state index in [-0.39, 0.29) is 28.1 Å². The number of hydrogen-bond donors (Lipinski definition) is 2. The van der Waals surface area contributed by atoms with E-state index in [2.05, 4.69) is 10.6 Å². The molecule has 25 heavy (non-hydrogen) atoms. The fourth-order valence-corrected chi connectivity index (χ4v) is 2.78. The molecule has 132 valence electrons. The van der Waals surface area contributed by atoms with Crippen LogP contribution < -0.4 is 10.6 Å². The van der Waals surface area contributed by atoms with Crippen molar-refractivity contribution in [3.63, 3.8) is 0 Å². The summed E-state index contributed by atoms with van der Waals surface area (Å²) in [4.78, 5) is 24.9. The summed E-state index contributed by atoms with van der Waals surface area (Å²) >= 11 is 12.2. The van der Waals surface area contributed by atoms with Crippen LogP contribution in [-0.2, 0) is 0 Å². The van der Waals surface area contributed by atoms with E-state index in [0.717, 1.165) is 18.4 Å². The largest absolute Gasteiger partial charge is 0.352 e. The maximum Gasteiger partial charge on any atom is 0.255 e. The average Bonchev–Trinajstić information content (AvgIpc) is 2.57. The Morgan fingerprint density at radius 3 is 2.36 bits per heavy atom. The Hall–Kier alpha value is -2.04. The van der Waals surface area contributed by atoms with Crippen LogP contribution in [0.5, 0.6) is 0 Å². The topological polar surface area (TPSA) is 58.2 Å². The second kappa shape index (κ2) is 8.88. The molecule has 2 N–H and O–H groups in total. The van der Waals surface area contributed by atoms with Gasteiger partial charge in [0.05, 0.1) is 16.3 Å². The van der Waals surface area contributed by atoms with Crippen LogP contribution in [0, 0.1) is 6.92 Å². The van der Waals surface area contributed by atoms with E-state index in [1.165, 1.54) is 12.1 Å². The lowest BCUT2D eigenvalue weighted by Crippen LogP contribution is -2.26. The Morgan fingerprint density at radius 2 is 1.72 bits per heavy atom. The van der Waals surface area contributed by atoms with Gasteiger partial charge in [0, 0.05) is 17.1 Å². The van der Waals surface area contributed by atoms with E-state index >= 15 is 0 Å². The van der Waals surface area contributed by atoms with Gasteiger partial charge >= 0.3 is 0 Å². The number of hydrogen-bond acceptors (Lipinski definition) is 2. The van der Waals surface area contributed by atoms with Crippen molar-refractivity contribution in [1.29, 1.82) is 0 Å². The normalized spacial score (nSPS) is 10.4. The number of carbonyl (C=O) groups is 2. The van der Waals surface area contributed by atoms with Gasteiger partial charge in [-0.25, -0.2) is 0 Å². The minimum absolute atomic E-state index is 0.216. The SMILES string of the molecule is CCCCNC(=O)c1cc(Cl)cc(Cl)c1NC(=O)c1ccc(C)cc1. The minimum atomic E-state index is -0.341. The third-order valence-corrected chi connectivity index (χ3v) is 4.18. The molecule has 0 radical (unpaired) electrons. The molecular formula is C19H20Cl2N2O2. The van der Waals surface area contributed by atoms with Crippen molar-refractivity contribution in [3.8, 4) is 0 Å². The summed E-state index contributed by atoms with van der Waals surface area (Å²) in [5.74, 6) is -0.663. The fraction of sp³-hybridized carbons (Fsp3) is 0.263. The summed E-state index contributed by atoms with van der Waals surface area (Å²) in [5.41, 5.74) is 2.03. The van der Waals surface area contributed by atoms with Gasteiger partial charge in [-0.05, 0) is 37.6 Å². The molecule has 0 heterocycles. The molecule has 0 unspecified atom stereocenters. The lowest BCUT2D eigenvalue weighted by atomic mass is 10.1. The Balaban J connectivity index is 2.28. The van der Waals surface area contributed by atoms with Gasteiger partial charge in [0.25, 0.3) is 11.8 Å². The number of carbonyl (C=O) groups excluding carboxylic acids is 2. The standard InChI is InChI=1S/C19H20Cl2N2O2/c1-3-4-9-22-19(25)15-10-14(20)11-16(21)17(15)23-18(24)13-7-5-12(2)6-8-13/h5-8,10-11H,3-4,9H2,1-2H3,(H,22,25)(H,23,24). The maximum absolute atomic E-state index is 12.5. The number of nitrogens with one attached hydrogen (secondary N) is 2. The Morgan fingerprint density at radius 1 is 1.04 bits per heavy atom. The van der Waals surface area contributed by atoms with Crippen LogP contribution in [0.2, 0.25) is 10.0 Å². The van der Waals surface area contributed by atoms with Gasteiger partial charge in [-0.1, -0.05) is 54.2 Å². The first-order chi connectivity index (χ1) is 11.9. The van der Waals surface area contributed by atoms with E-state index in [1.54, 1.807) is 12.1 Å². The number of anilines is 1. The van der Waals surface area contributed by atoms with Gasteiger partial charge in [0.2, 0.25) is 0 Å². The van der Waals surface area contributed by atoms with Crippen molar-refractivity contribution in [2.24, 2.45) is 0 Å². The van der Waals surface area contributed by atoms with Crippen molar-refractivity contribution < 1.29 is 9.59 Å². The zero-order chi connectivity index (χ0) is 18.4. The molecule has 2 aromatic carbocycles. The summed E-state index contributed by atoms with van der Waals surface area (Å²) < 4.78 is 0. The van der Waals surface area contributed by atoms with Gasteiger partial charge in [0.15, 0.2) is 0 Å². The van der Waals surface area contributed by atoms with E-state index in [0.29, 0.717) is 17.1 Å². The van der Waals surface area contributed by atoms with Crippen LogP contribution >= 0.6 is 23.2 Å². The molecule has 0 saturated heterocycles. The summed E-state index contributed by atoms with van der Waals surface area (Å²) in [6, 6.07) is 10.1. The van der Waals surface area contributed by atoms with Gasteiger partial charge < -0.3 is 10.6 Å². The molecule has 4 nitrogen and oxygen atoms in total. The summed E-state index contributed by atoms with van der Waals surface area (Å²) in [6.45, 7) is 4.52. The molecule has 0 spiro atoms. The van der Waals surface area contributed by atoms with Crippen LogP contribution in [0.15, 0.2) is 36.4 Å². The molecule has 0 aromatic heterocycles. The van der Waals surface area contributed by atoms with Gasteiger partial charge in [-0.2, -0.15) is 0 Å². The molecule has 0 aliphatic rings. The number of unbranched alkanes of at least 4 members (excludes halogenated alkanes) is 1. The van der Waals surface area contributed by atoms with Crippen molar-refractivity contribution >= 4 is 40.7 Å². The lowest BCUT2D eigenvalue weighted by Gasteiger charge is -2.14. The van der Waals surface area contributed by atoms with Crippen LogP contribution in [0.4, 0.5) is 5.69 Å². The molecule has 0 fully saturated rings. The Labute approximate surface area is 157 Å². The Bertz CT molecular complexity index is 774. The monoisotopic (exact) mass is 378 g/mol. The van der Waals surface area contributed by atoms with Crippen LogP contribution in [0.1, 0.15) is 46.0 Å². The highest BCUT2D eigenvalue weighted by Gasteiger charge is 2.18. The van der Waals surface area contributed by atoms with Crippen LogP contribution in [0.3, 0.4) is 0 Å². The Kier molecular flexibility index (Phi) is 6.85. The third-order valence-electron chi connectivity index (χ3n) is 3.67. The molecule has 0 saturated carbocycles. The van der Waals surface area contributed by atoms with Crippen molar-refractivity contribution in [1.82, 2.24) is 5.32 Å². The number of rotatable bonds is 6. The van der Waals surface area contributed by atoms with E-state index in [1.807, 2.05) is 26.0 Å². The number of aryl methyl sites for hydroxylation is 1. The quantitative estimate of drug-likeness (QED) is 0.688. The fourth-order valence-electron chi connectivity index (χ4n) is 2.24. The van der Waals surface area contributed by atoms with Crippen LogP contribution in [-0.4, -0.2) is 18.4 Å². The number of halogens is 2. The van der Waals surface area contributed by atoms with Gasteiger partial charge in [0.1, 0.15) is 0 Å². The second-order valence-electron chi connectivity index (χ2n) is 5.74. The zero-order valence-corrected chi connectivity index (χ0v) is 15.7. The third kappa shape index (κ3) is 5.21. The van der Waals surface area contributed by atoms with Crippen molar-refractivity contribution in [2.75, 3.05) is 11.9 Å². The van der Waals surface area contributed by atoms with E-state index < -0.39 is 0 Å². The molecular weight excluding hydrogens is 359 g/mol. The first-order valence-corrected chi connectivity index (χ1v) is 8.83. The summed E-state index contributed by atoms with van der Waals surface area (Å²) in [5, 5.41) is 6.08. The molecule has 6 heteroatoms. The van der Waals surface area contributed by atoms with E-state index in [4.69, 9.17) is 23.2 Å². The highest BCUT2D eigenvalue weighted by atomic mass is 35.5. The first-order valence-electron chi connectivity index (χ1n) is 8.07. The number of benzene rings is 2. The van der Waals surface area contributed by atoms with Crippen LogP contribution in [0.25, 0.3) is 0 Å². The predicted molar refractivity (Wildman–Crippen MR) is 103 cm³/mol. The zero-order valence-electron chi connectivity index (χ0n) is 14.2. The van der Waals surface area contributed by atoms with Crippen molar-refractivity contribution in [3.05, 3.63) is 63.1 Å². The van der Waals surface area contributed by atoms with Gasteiger partial charge in [-0.15, -0.1) is 0 Å². The summed E-state index contributed by atoms with van der Waals surface area (Å²) in [7, 11) is 0. The van der Waals surface area contributed by atoms with Crippen molar-refractivity contribution in [2.45, 2.75) is 26.7 Å². The summed E-state index contributed by atoms with van der Waals surface area (Å²) in [6.07, 6.45) is 1.83. The maximum atomic E-state index is 12.5. The molecule has 2 aromatic rings. The van der Waals surface area contributed by atoms with Gasteiger partial charge in [-0.3, -0.25) is 9.59 Å². The molecule has 0 aliphatic carbocycles. The van der Waals surface area contributed by atoms with E-state index in [9.17, 15) is 9.59 Å².